The fourth-order valence-corrected chi connectivity index (χ4v) is 4.12. The van der Waals surface area contributed by atoms with Gasteiger partial charge in [0.2, 0.25) is 5.91 Å². The highest BCUT2D eigenvalue weighted by molar-refractivity contribution is 5.96. The number of aromatic nitrogens is 2. The zero-order valence-electron chi connectivity index (χ0n) is 18.4. The molecule has 1 heterocycles. The van der Waals surface area contributed by atoms with E-state index in [0.29, 0.717) is 12.2 Å². The van der Waals surface area contributed by atoms with Gasteiger partial charge in [-0.15, -0.1) is 0 Å². The summed E-state index contributed by atoms with van der Waals surface area (Å²) in [5, 5.41) is 7.50. The van der Waals surface area contributed by atoms with Crippen LogP contribution in [0, 0.1) is 12.7 Å². The molecule has 1 N–H and O–H groups in total. The molecule has 4 rings (SSSR count). The van der Waals surface area contributed by atoms with E-state index in [0.717, 1.165) is 47.3 Å². The van der Waals surface area contributed by atoms with Crippen LogP contribution in [0.2, 0.25) is 0 Å². The SMILES string of the molecule is CCN(CC(=O)NCc1ccc(F)cc1)C(=O)c1nn(-c2ccccc2C)c2c1CCC2. The maximum Gasteiger partial charge on any atom is 0.275 e. The van der Waals surface area contributed by atoms with Crippen molar-refractivity contribution in [2.75, 3.05) is 13.1 Å². The van der Waals surface area contributed by atoms with E-state index in [1.54, 1.807) is 12.1 Å². The van der Waals surface area contributed by atoms with Crippen molar-refractivity contribution in [1.82, 2.24) is 20.0 Å². The first-order valence-electron chi connectivity index (χ1n) is 10.9. The Kier molecular flexibility index (Phi) is 6.35. The van der Waals surface area contributed by atoms with Gasteiger partial charge in [0.1, 0.15) is 5.82 Å². The van der Waals surface area contributed by atoms with Gasteiger partial charge in [-0.05, 0) is 62.4 Å². The number of amides is 2. The third kappa shape index (κ3) is 4.42. The molecule has 0 unspecified atom stereocenters. The molecule has 0 fully saturated rings. The summed E-state index contributed by atoms with van der Waals surface area (Å²) in [6.07, 6.45) is 2.69. The van der Waals surface area contributed by atoms with Crippen molar-refractivity contribution >= 4 is 11.8 Å². The van der Waals surface area contributed by atoms with Gasteiger partial charge in [-0.3, -0.25) is 9.59 Å². The second-order valence-corrected chi connectivity index (χ2v) is 8.05. The third-order valence-corrected chi connectivity index (χ3v) is 5.88. The second-order valence-electron chi connectivity index (χ2n) is 8.05. The summed E-state index contributed by atoms with van der Waals surface area (Å²) in [5.74, 6) is -0.810. The molecular formula is C25H27FN4O2. The molecule has 0 atom stereocenters. The van der Waals surface area contributed by atoms with E-state index in [1.807, 2.05) is 42.8 Å². The maximum atomic E-state index is 13.3. The molecule has 3 aromatic rings. The van der Waals surface area contributed by atoms with Crippen LogP contribution in [0.25, 0.3) is 5.69 Å². The van der Waals surface area contributed by atoms with Crippen molar-refractivity contribution in [2.24, 2.45) is 0 Å². The summed E-state index contributed by atoms with van der Waals surface area (Å²) < 4.78 is 14.9. The highest BCUT2D eigenvalue weighted by Gasteiger charge is 2.30. The molecule has 6 nitrogen and oxygen atoms in total. The van der Waals surface area contributed by atoms with E-state index in [4.69, 9.17) is 5.10 Å². The summed E-state index contributed by atoms with van der Waals surface area (Å²) in [5.41, 5.74) is 5.38. The van der Waals surface area contributed by atoms with Crippen LogP contribution in [0.15, 0.2) is 48.5 Å². The van der Waals surface area contributed by atoms with Crippen LogP contribution >= 0.6 is 0 Å². The van der Waals surface area contributed by atoms with E-state index >= 15 is 0 Å². The Labute approximate surface area is 187 Å². The zero-order chi connectivity index (χ0) is 22.7. The van der Waals surface area contributed by atoms with Crippen LogP contribution in [0.5, 0.6) is 0 Å². The molecule has 0 saturated heterocycles. The van der Waals surface area contributed by atoms with E-state index in [-0.39, 0.29) is 30.7 Å². The van der Waals surface area contributed by atoms with Crippen LogP contribution in [0.3, 0.4) is 0 Å². The summed E-state index contributed by atoms with van der Waals surface area (Å²) in [4.78, 5) is 27.3. The van der Waals surface area contributed by atoms with Gasteiger partial charge in [0.05, 0.1) is 12.2 Å². The van der Waals surface area contributed by atoms with E-state index in [1.165, 1.54) is 17.0 Å². The average Bonchev–Trinajstić information content (AvgIpc) is 3.40. The zero-order valence-corrected chi connectivity index (χ0v) is 18.4. The smallest absolute Gasteiger partial charge is 0.275 e. The Morgan fingerprint density at radius 1 is 1.12 bits per heavy atom. The Bertz CT molecular complexity index is 1140. The largest absolute Gasteiger partial charge is 0.350 e. The van der Waals surface area contributed by atoms with Crippen molar-refractivity contribution in [3.63, 3.8) is 0 Å². The molecule has 0 radical (unpaired) electrons. The van der Waals surface area contributed by atoms with Gasteiger partial charge in [-0.25, -0.2) is 9.07 Å². The maximum absolute atomic E-state index is 13.3. The van der Waals surface area contributed by atoms with Gasteiger partial charge in [0.15, 0.2) is 5.69 Å². The highest BCUT2D eigenvalue weighted by Crippen LogP contribution is 2.29. The van der Waals surface area contributed by atoms with Crippen LogP contribution in [0.4, 0.5) is 4.39 Å². The van der Waals surface area contributed by atoms with E-state index < -0.39 is 0 Å². The molecule has 166 valence electrons. The number of benzene rings is 2. The highest BCUT2D eigenvalue weighted by atomic mass is 19.1. The minimum absolute atomic E-state index is 0.0530. The number of hydrogen-bond acceptors (Lipinski definition) is 3. The lowest BCUT2D eigenvalue weighted by Crippen LogP contribution is -2.40. The number of aryl methyl sites for hydroxylation is 1. The number of fused-ring (bicyclic) bond motifs is 1. The van der Waals surface area contributed by atoms with Gasteiger partial charge in [-0.2, -0.15) is 5.10 Å². The van der Waals surface area contributed by atoms with Crippen molar-refractivity contribution in [1.29, 1.82) is 0 Å². The summed E-state index contributed by atoms with van der Waals surface area (Å²) >= 11 is 0. The number of para-hydroxylation sites is 1. The summed E-state index contributed by atoms with van der Waals surface area (Å²) in [6, 6.07) is 14.0. The summed E-state index contributed by atoms with van der Waals surface area (Å²) in [7, 11) is 0. The molecule has 2 aromatic carbocycles. The predicted molar refractivity (Wildman–Crippen MR) is 120 cm³/mol. The van der Waals surface area contributed by atoms with Crippen molar-refractivity contribution in [3.05, 3.63) is 82.4 Å². The fourth-order valence-electron chi connectivity index (χ4n) is 4.12. The molecule has 0 bridgehead atoms. The molecule has 0 saturated carbocycles. The lowest BCUT2D eigenvalue weighted by Gasteiger charge is -2.20. The number of likely N-dealkylation sites (N-methyl/N-ethyl adjacent to an activating group) is 1. The number of carbonyl (C=O) groups excluding carboxylic acids is 2. The molecule has 1 aromatic heterocycles. The number of halogens is 1. The molecule has 2 amide bonds. The average molecular weight is 435 g/mol. The Morgan fingerprint density at radius 3 is 2.59 bits per heavy atom. The molecule has 32 heavy (non-hydrogen) atoms. The molecule has 1 aliphatic carbocycles. The molecule has 0 aliphatic heterocycles. The first kappa shape index (κ1) is 21.7. The fraction of sp³-hybridized carbons (Fsp3) is 0.320. The van der Waals surface area contributed by atoms with Crippen molar-refractivity contribution in [3.8, 4) is 5.69 Å². The van der Waals surface area contributed by atoms with Crippen molar-refractivity contribution < 1.29 is 14.0 Å². The molecular weight excluding hydrogens is 407 g/mol. The van der Waals surface area contributed by atoms with Crippen LogP contribution in [0.1, 0.15) is 46.2 Å². The standard InChI is InChI=1S/C25H27FN4O2/c1-3-29(16-23(31)27-15-18-11-13-19(26)14-12-18)25(32)24-20-8-6-10-22(20)30(28-24)21-9-5-4-7-17(21)2/h4-5,7,9,11-14H,3,6,8,10,15-16H2,1-2H3,(H,27,31). The van der Waals surface area contributed by atoms with Gasteiger partial charge in [0, 0.05) is 24.3 Å². The second kappa shape index (κ2) is 9.34. The minimum Gasteiger partial charge on any atom is -0.350 e. The van der Waals surface area contributed by atoms with Crippen molar-refractivity contribution in [2.45, 2.75) is 39.7 Å². The number of hydrogen-bond donors (Lipinski definition) is 1. The lowest BCUT2D eigenvalue weighted by atomic mass is 10.1. The minimum atomic E-state index is -0.319. The predicted octanol–water partition coefficient (Wildman–Crippen LogP) is 3.59. The Balaban J connectivity index is 1.50. The number of carbonyl (C=O) groups is 2. The topological polar surface area (TPSA) is 67.2 Å². The quantitative estimate of drug-likeness (QED) is 0.618. The van der Waals surface area contributed by atoms with Crippen LogP contribution in [-0.4, -0.2) is 39.6 Å². The Morgan fingerprint density at radius 2 is 1.88 bits per heavy atom. The van der Waals surface area contributed by atoms with Crippen LogP contribution < -0.4 is 5.32 Å². The molecule has 1 aliphatic rings. The van der Waals surface area contributed by atoms with E-state index in [9.17, 15) is 14.0 Å². The molecule has 7 heteroatoms. The monoisotopic (exact) mass is 434 g/mol. The van der Waals surface area contributed by atoms with Crippen LogP contribution in [-0.2, 0) is 24.2 Å². The molecule has 0 spiro atoms. The first-order chi connectivity index (χ1) is 15.5. The van der Waals surface area contributed by atoms with Gasteiger partial charge >= 0.3 is 0 Å². The van der Waals surface area contributed by atoms with Gasteiger partial charge in [0.25, 0.3) is 5.91 Å². The number of rotatable bonds is 7. The summed E-state index contributed by atoms with van der Waals surface area (Å²) in [6.45, 7) is 4.51. The first-order valence-corrected chi connectivity index (χ1v) is 10.9. The Hall–Kier alpha value is -3.48. The third-order valence-electron chi connectivity index (χ3n) is 5.88. The normalized spacial score (nSPS) is 12.5. The van der Waals surface area contributed by atoms with Gasteiger partial charge < -0.3 is 10.2 Å². The number of nitrogens with zero attached hydrogens (tertiary/aromatic N) is 3. The van der Waals surface area contributed by atoms with E-state index in [2.05, 4.69) is 5.32 Å². The van der Waals surface area contributed by atoms with Gasteiger partial charge in [-0.1, -0.05) is 30.3 Å². The number of nitrogens with one attached hydrogen (secondary N) is 1. The lowest BCUT2D eigenvalue weighted by molar-refractivity contribution is -0.121.